The van der Waals surface area contributed by atoms with Crippen LogP contribution in [-0.2, 0) is 6.54 Å². The molecule has 0 atom stereocenters. The fraction of sp³-hybridized carbons (Fsp3) is 0.125. The smallest absolute Gasteiger partial charge is 0.413 e. The number of halogens is 4. The standard InChI is InChI=1S/C16H9Cl2F2N5O2/c17-10-4-11(19)14(20)15-9(10)3-8(6-21)24(15)1-2-25(16(26)27)13-5-12(18)22-7-23-13/h3-5,7H,1-2H2,(H,26,27). The average Bonchev–Trinajstić information content (AvgIpc) is 2.99. The Morgan fingerprint density at radius 1 is 1.30 bits per heavy atom. The van der Waals surface area contributed by atoms with Crippen LogP contribution in [0.25, 0.3) is 10.9 Å². The maximum atomic E-state index is 14.3. The van der Waals surface area contributed by atoms with Crippen LogP contribution >= 0.6 is 23.2 Å². The zero-order chi connectivity index (χ0) is 19.7. The summed E-state index contributed by atoms with van der Waals surface area (Å²) in [5, 5.41) is 18.9. The number of carboxylic acid groups (broad SMARTS) is 1. The molecule has 1 N–H and O–H groups in total. The molecular formula is C16H9Cl2F2N5O2. The molecule has 2 heterocycles. The third-order valence-electron chi connectivity index (χ3n) is 3.81. The van der Waals surface area contributed by atoms with Crippen LogP contribution in [0.1, 0.15) is 5.69 Å². The van der Waals surface area contributed by atoms with Gasteiger partial charge in [-0.15, -0.1) is 0 Å². The summed E-state index contributed by atoms with van der Waals surface area (Å²) >= 11 is 11.7. The molecule has 0 aliphatic rings. The number of aromatic nitrogens is 3. The van der Waals surface area contributed by atoms with Crippen molar-refractivity contribution in [3.8, 4) is 6.07 Å². The Balaban J connectivity index is 2.03. The number of anilines is 1. The monoisotopic (exact) mass is 411 g/mol. The molecular weight excluding hydrogens is 403 g/mol. The fourth-order valence-electron chi connectivity index (χ4n) is 2.64. The van der Waals surface area contributed by atoms with Gasteiger partial charge in [0.15, 0.2) is 11.6 Å². The molecule has 1 aromatic carbocycles. The highest BCUT2D eigenvalue weighted by atomic mass is 35.5. The van der Waals surface area contributed by atoms with Crippen LogP contribution in [0.5, 0.6) is 0 Å². The van der Waals surface area contributed by atoms with Crippen LogP contribution in [0.4, 0.5) is 19.4 Å². The van der Waals surface area contributed by atoms with Crippen molar-refractivity contribution in [3.63, 3.8) is 0 Å². The lowest BCUT2D eigenvalue weighted by molar-refractivity contribution is 0.201. The minimum Gasteiger partial charge on any atom is -0.465 e. The summed E-state index contributed by atoms with van der Waals surface area (Å²) in [6, 6.07) is 5.23. The Hall–Kier alpha value is -2.96. The van der Waals surface area contributed by atoms with Gasteiger partial charge in [-0.1, -0.05) is 23.2 Å². The second-order valence-electron chi connectivity index (χ2n) is 5.34. The van der Waals surface area contributed by atoms with Crippen LogP contribution in [0.3, 0.4) is 0 Å². The summed E-state index contributed by atoms with van der Waals surface area (Å²) in [5.74, 6) is -2.35. The Bertz CT molecular complexity index is 1100. The number of fused-ring (bicyclic) bond motifs is 1. The molecule has 0 spiro atoms. The van der Waals surface area contributed by atoms with E-state index in [1.54, 1.807) is 0 Å². The summed E-state index contributed by atoms with van der Waals surface area (Å²) in [7, 11) is 0. The minimum absolute atomic E-state index is 0.00199. The van der Waals surface area contributed by atoms with Gasteiger partial charge in [0, 0.05) is 24.5 Å². The lowest BCUT2D eigenvalue weighted by Gasteiger charge is -2.19. The first-order valence-corrected chi connectivity index (χ1v) is 8.14. The first-order chi connectivity index (χ1) is 12.8. The van der Waals surface area contributed by atoms with E-state index in [2.05, 4.69) is 9.97 Å². The first-order valence-electron chi connectivity index (χ1n) is 7.38. The first kappa shape index (κ1) is 18.8. The van der Waals surface area contributed by atoms with Gasteiger partial charge >= 0.3 is 6.09 Å². The average molecular weight is 412 g/mol. The summed E-state index contributed by atoms with van der Waals surface area (Å²) in [4.78, 5) is 19.9. The minimum atomic E-state index is -1.34. The zero-order valence-electron chi connectivity index (χ0n) is 13.3. The molecule has 138 valence electrons. The number of hydrogen-bond acceptors (Lipinski definition) is 4. The zero-order valence-corrected chi connectivity index (χ0v) is 14.8. The van der Waals surface area contributed by atoms with E-state index in [4.69, 9.17) is 23.2 Å². The van der Waals surface area contributed by atoms with Crippen LogP contribution < -0.4 is 4.90 Å². The Labute approximate surface area is 161 Å². The molecule has 1 amide bonds. The quantitative estimate of drug-likeness (QED) is 0.515. The van der Waals surface area contributed by atoms with E-state index in [0.29, 0.717) is 0 Å². The molecule has 3 rings (SSSR count). The van der Waals surface area contributed by atoms with Gasteiger partial charge in [-0.25, -0.2) is 23.5 Å². The molecule has 0 saturated carbocycles. The maximum Gasteiger partial charge on any atom is 0.413 e. The van der Waals surface area contributed by atoms with E-state index < -0.39 is 17.7 Å². The number of nitriles is 1. The molecule has 0 bridgehead atoms. The van der Waals surface area contributed by atoms with Gasteiger partial charge in [-0.05, 0) is 12.1 Å². The van der Waals surface area contributed by atoms with Crippen molar-refractivity contribution in [2.24, 2.45) is 0 Å². The second-order valence-corrected chi connectivity index (χ2v) is 6.14. The van der Waals surface area contributed by atoms with Crippen LogP contribution in [-0.4, -0.2) is 32.3 Å². The van der Waals surface area contributed by atoms with E-state index in [1.165, 1.54) is 16.7 Å². The normalized spacial score (nSPS) is 10.8. The molecule has 27 heavy (non-hydrogen) atoms. The van der Waals surface area contributed by atoms with Crippen molar-refractivity contribution in [3.05, 3.63) is 52.0 Å². The number of carbonyl (C=O) groups is 1. The molecule has 0 aliphatic heterocycles. The number of rotatable bonds is 4. The Kier molecular flexibility index (Phi) is 5.12. The number of benzene rings is 1. The van der Waals surface area contributed by atoms with Crippen LogP contribution in [0, 0.1) is 23.0 Å². The third kappa shape index (κ3) is 3.49. The molecule has 0 radical (unpaired) electrons. The van der Waals surface area contributed by atoms with Crippen LogP contribution in [0.15, 0.2) is 24.5 Å². The van der Waals surface area contributed by atoms with Crippen molar-refractivity contribution < 1.29 is 18.7 Å². The van der Waals surface area contributed by atoms with Gasteiger partial charge in [0.1, 0.15) is 29.1 Å². The lowest BCUT2D eigenvalue weighted by atomic mass is 10.2. The van der Waals surface area contributed by atoms with E-state index in [9.17, 15) is 23.9 Å². The summed E-state index contributed by atoms with van der Waals surface area (Å²) in [5.41, 5.74) is -0.218. The highest BCUT2D eigenvalue weighted by Crippen LogP contribution is 2.31. The summed E-state index contributed by atoms with van der Waals surface area (Å²) in [6.07, 6.45) is -0.252. The van der Waals surface area contributed by atoms with E-state index in [-0.39, 0.29) is 45.7 Å². The SMILES string of the molecule is N#Cc1cc2c(Cl)cc(F)c(F)c2n1CCN(C(=O)O)c1cc(Cl)ncn1. The number of nitrogens with zero attached hydrogens (tertiary/aromatic N) is 5. The second kappa shape index (κ2) is 7.34. The third-order valence-corrected chi connectivity index (χ3v) is 4.33. The molecule has 3 aromatic rings. The molecule has 0 fully saturated rings. The van der Waals surface area contributed by atoms with E-state index in [1.807, 2.05) is 6.07 Å². The lowest BCUT2D eigenvalue weighted by Crippen LogP contribution is -2.33. The maximum absolute atomic E-state index is 14.3. The van der Waals surface area contributed by atoms with Gasteiger partial charge < -0.3 is 9.67 Å². The Morgan fingerprint density at radius 2 is 2.04 bits per heavy atom. The predicted octanol–water partition coefficient (Wildman–Crippen LogP) is 4.07. The molecule has 7 nitrogen and oxygen atoms in total. The number of amides is 1. The van der Waals surface area contributed by atoms with Crippen molar-refractivity contribution in [1.29, 1.82) is 5.26 Å². The topological polar surface area (TPSA) is 95.0 Å². The van der Waals surface area contributed by atoms with Crippen molar-refractivity contribution in [2.45, 2.75) is 6.54 Å². The summed E-state index contributed by atoms with van der Waals surface area (Å²) < 4.78 is 29.2. The largest absolute Gasteiger partial charge is 0.465 e. The summed E-state index contributed by atoms with van der Waals surface area (Å²) in [6.45, 7) is -0.369. The predicted molar refractivity (Wildman–Crippen MR) is 94.0 cm³/mol. The number of hydrogen-bond donors (Lipinski definition) is 1. The van der Waals surface area contributed by atoms with E-state index in [0.717, 1.165) is 17.3 Å². The van der Waals surface area contributed by atoms with Crippen LogP contribution in [0.2, 0.25) is 10.2 Å². The molecule has 0 aliphatic carbocycles. The molecule has 0 unspecified atom stereocenters. The Morgan fingerprint density at radius 3 is 2.67 bits per heavy atom. The van der Waals surface area contributed by atoms with E-state index >= 15 is 0 Å². The highest BCUT2D eigenvalue weighted by molar-refractivity contribution is 6.35. The van der Waals surface area contributed by atoms with Gasteiger partial charge in [0.2, 0.25) is 0 Å². The van der Waals surface area contributed by atoms with Gasteiger partial charge in [-0.2, -0.15) is 5.26 Å². The highest BCUT2D eigenvalue weighted by Gasteiger charge is 2.21. The van der Waals surface area contributed by atoms with Crippen molar-refractivity contribution in [1.82, 2.24) is 14.5 Å². The molecule has 0 saturated heterocycles. The fourth-order valence-corrected chi connectivity index (χ4v) is 3.02. The van der Waals surface area contributed by atoms with Crippen molar-refractivity contribution >= 4 is 46.0 Å². The van der Waals surface area contributed by atoms with Crippen molar-refractivity contribution in [2.75, 3.05) is 11.4 Å². The van der Waals surface area contributed by atoms with Gasteiger partial charge in [0.25, 0.3) is 0 Å². The van der Waals surface area contributed by atoms with Gasteiger partial charge in [-0.3, -0.25) is 4.90 Å². The molecule has 11 heteroatoms. The van der Waals surface area contributed by atoms with Gasteiger partial charge in [0.05, 0.1) is 10.5 Å². The molecule has 2 aromatic heterocycles.